The molecular formula is C12H18F3N5O2. The molecule has 22 heavy (non-hydrogen) atoms. The number of tetrazole rings is 1. The van der Waals surface area contributed by atoms with Gasteiger partial charge in [0.15, 0.2) is 5.82 Å². The number of nitrogens with one attached hydrogen (secondary N) is 1. The Bertz CT molecular complexity index is 516. The number of likely N-dealkylation sites (tertiary alicyclic amines) is 1. The van der Waals surface area contributed by atoms with E-state index >= 15 is 0 Å². The number of hydrogen-bond donors (Lipinski definition) is 1. The van der Waals surface area contributed by atoms with Crippen LogP contribution in [0.2, 0.25) is 0 Å². The van der Waals surface area contributed by atoms with Gasteiger partial charge in [0.25, 0.3) is 0 Å². The van der Waals surface area contributed by atoms with Gasteiger partial charge in [-0.25, -0.2) is 4.79 Å². The summed E-state index contributed by atoms with van der Waals surface area (Å²) < 4.78 is 45.7. The SMILES string of the molecule is CC(C)(C)OC(=O)N1CCC(c2nn[nH]n2)(C(F)(F)F)CC1. The molecule has 1 aromatic rings. The smallest absolute Gasteiger partial charge is 0.410 e. The van der Waals surface area contributed by atoms with Gasteiger partial charge in [0.05, 0.1) is 0 Å². The minimum atomic E-state index is -4.52. The molecule has 10 heteroatoms. The second-order valence-electron chi connectivity index (χ2n) is 6.28. The Balaban J connectivity index is 2.13. The quantitative estimate of drug-likeness (QED) is 0.855. The fourth-order valence-electron chi connectivity index (χ4n) is 2.40. The van der Waals surface area contributed by atoms with E-state index in [4.69, 9.17) is 4.74 Å². The molecule has 2 heterocycles. The summed E-state index contributed by atoms with van der Waals surface area (Å²) in [5, 5.41) is 12.3. The molecule has 7 nitrogen and oxygen atoms in total. The molecule has 0 radical (unpaired) electrons. The highest BCUT2D eigenvalue weighted by Gasteiger charge is 2.60. The van der Waals surface area contributed by atoms with Crippen molar-refractivity contribution in [2.75, 3.05) is 13.1 Å². The number of aromatic nitrogens is 4. The highest BCUT2D eigenvalue weighted by molar-refractivity contribution is 5.68. The molecule has 1 fully saturated rings. The molecule has 1 amide bonds. The first kappa shape index (κ1) is 16.5. The predicted octanol–water partition coefficient (Wildman–Crippen LogP) is 2.03. The summed E-state index contributed by atoms with van der Waals surface area (Å²) in [6, 6.07) is 0. The number of piperidine rings is 1. The van der Waals surface area contributed by atoms with E-state index in [1.165, 1.54) is 4.90 Å². The average molecular weight is 321 g/mol. The van der Waals surface area contributed by atoms with Gasteiger partial charge >= 0.3 is 12.3 Å². The maximum absolute atomic E-state index is 13.5. The fraction of sp³-hybridized carbons (Fsp3) is 0.833. The molecule has 0 aromatic carbocycles. The van der Waals surface area contributed by atoms with Crippen molar-refractivity contribution < 1.29 is 22.7 Å². The number of halogens is 3. The van der Waals surface area contributed by atoms with Crippen molar-refractivity contribution in [3.05, 3.63) is 5.82 Å². The van der Waals surface area contributed by atoms with Gasteiger partial charge in [0.1, 0.15) is 11.0 Å². The van der Waals surface area contributed by atoms with E-state index in [2.05, 4.69) is 20.6 Å². The standard InChI is InChI=1S/C12H18F3N5O2/c1-10(2,3)22-9(21)20-6-4-11(5-7-20,12(13,14)15)8-16-18-19-17-8/h4-7H2,1-3H3,(H,16,17,18,19). The fourth-order valence-corrected chi connectivity index (χ4v) is 2.40. The van der Waals surface area contributed by atoms with E-state index in [-0.39, 0.29) is 31.8 Å². The molecule has 0 spiro atoms. The van der Waals surface area contributed by atoms with E-state index in [1.54, 1.807) is 20.8 Å². The summed E-state index contributed by atoms with van der Waals surface area (Å²) in [5.74, 6) is -0.385. The third-order valence-electron chi connectivity index (χ3n) is 3.58. The zero-order chi connectivity index (χ0) is 16.6. The zero-order valence-corrected chi connectivity index (χ0v) is 12.6. The number of carbonyl (C=O) groups excluding carboxylic acids is 1. The summed E-state index contributed by atoms with van der Waals surface area (Å²) in [5.41, 5.74) is -2.87. The predicted molar refractivity (Wildman–Crippen MR) is 69.0 cm³/mol. The number of nitrogens with zero attached hydrogens (tertiary/aromatic N) is 4. The molecule has 1 saturated heterocycles. The third kappa shape index (κ3) is 3.14. The Hall–Kier alpha value is -1.87. The molecule has 0 bridgehead atoms. The lowest BCUT2D eigenvalue weighted by molar-refractivity contribution is -0.204. The van der Waals surface area contributed by atoms with E-state index in [1.807, 2.05) is 0 Å². The molecular weight excluding hydrogens is 303 g/mol. The van der Waals surface area contributed by atoms with Crippen LogP contribution in [0.15, 0.2) is 0 Å². The van der Waals surface area contributed by atoms with Crippen LogP contribution in [0, 0.1) is 0 Å². The molecule has 0 atom stereocenters. The molecule has 1 N–H and O–H groups in total. The normalized spacial score (nSPS) is 19.1. The van der Waals surface area contributed by atoms with Crippen LogP contribution in [0.3, 0.4) is 0 Å². The summed E-state index contributed by atoms with van der Waals surface area (Å²) in [6.45, 7) is 4.95. The van der Waals surface area contributed by atoms with Crippen LogP contribution >= 0.6 is 0 Å². The Morgan fingerprint density at radius 1 is 1.27 bits per heavy atom. The van der Waals surface area contributed by atoms with Gasteiger partial charge in [-0.05, 0) is 33.6 Å². The first-order valence-corrected chi connectivity index (χ1v) is 6.84. The van der Waals surface area contributed by atoms with Crippen molar-refractivity contribution in [2.45, 2.75) is 50.8 Å². The second-order valence-corrected chi connectivity index (χ2v) is 6.28. The Kier molecular flexibility index (Phi) is 4.05. The number of ether oxygens (including phenoxy) is 1. The number of hydrogen-bond acceptors (Lipinski definition) is 5. The van der Waals surface area contributed by atoms with Crippen LogP contribution in [0.4, 0.5) is 18.0 Å². The molecule has 0 aliphatic carbocycles. The summed E-state index contributed by atoms with van der Waals surface area (Å²) in [7, 11) is 0. The topological polar surface area (TPSA) is 84.0 Å². The molecule has 1 aliphatic heterocycles. The monoisotopic (exact) mass is 321 g/mol. The van der Waals surface area contributed by atoms with Gasteiger partial charge in [0.2, 0.25) is 0 Å². The van der Waals surface area contributed by atoms with Crippen LogP contribution in [-0.2, 0) is 10.2 Å². The van der Waals surface area contributed by atoms with Crippen LogP contribution < -0.4 is 0 Å². The number of amides is 1. The van der Waals surface area contributed by atoms with Crippen LogP contribution in [0.25, 0.3) is 0 Å². The largest absolute Gasteiger partial charge is 0.444 e. The number of H-pyrrole nitrogens is 1. The van der Waals surface area contributed by atoms with E-state index in [9.17, 15) is 18.0 Å². The van der Waals surface area contributed by atoms with Gasteiger partial charge in [-0.1, -0.05) is 5.21 Å². The Labute approximate surface area is 125 Å². The average Bonchev–Trinajstić information content (AvgIpc) is 2.89. The Morgan fingerprint density at radius 2 is 1.86 bits per heavy atom. The van der Waals surface area contributed by atoms with Crippen LogP contribution in [0.5, 0.6) is 0 Å². The van der Waals surface area contributed by atoms with Crippen molar-refractivity contribution in [1.29, 1.82) is 0 Å². The molecule has 2 rings (SSSR count). The van der Waals surface area contributed by atoms with E-state index in [0.717, 1.165) is 0 Å². The maximum atomic E-state index is 13.5. The molecule has 1 aliphatic rings. The third-order valence-corrected chi connectivity index (χ3v) is 3.58. The molecule has 0 unspecified atom stereocenters. The van der Waals surface area contributed by atoms with Crippen molar-refractivity contribution >= 4 is 6.09 Å². The van der Waals surface area contributed by atoms with Gasteiger partial charge in [0, 0.05) is 13.1 Å². The number of aromatic amines is 1. The van der Waals surface area contributed by atoms with Crippen molar-refractivity contribution in [3.8, 4) is 0 Å². The number of carbonyl (C=O) groups is 1. The first-order chi connectivity index (χ1) is 10.1. The van der Waals surface area contributed by atoms with Crippen molar-refractivity contribution in [2.24, 2.45) is 0 Å². The van der Waals surface area contributed by atoms with Crippen LogP contribution in [0.1, 0.15) is 39.4 Å². The van der Waals surface area contributed by atoms with Gasteiger partial charge in [-0.2, -0.15) is 18.4 Å². The lowest BCUT2D eigenvalue weighted by atomic mass is 9.77. The summed E-state index contributed by atoms with van der Waals surface area (Å²) in [4.78, 5) is 13.2. The maximum Gasteiger partial charge on any atom is 0.410 e. The molecule has 124 valence electrons. The minimum absolute atomic E-state index is 0.0804. The van der Waals surface area contributed by atoms with Crippen molar-refractivity contribution in [1.82, 2.24) is 25.5 Å². The highest BCUT2D eigenvalue weighted by Crippen LogP contribution is 2.46. The number of alkyl halides is 3. The lowest BCUT2D eigenvalue weighted by Crippen LogP contribution is -2.53. The van der Waals surface area contributed by atoms with Gasteiger partial charge in [-0.3, -0.25) is 0 Å². The van der Waals surface area contributed by atoms with Crippen molar-refractivity contribution in [3.63, 3.8) is 0 Å². The van der Waals surface area contributed by atoms with Crippen LogP contribution in [-0.4, -0.2) is 56.5 Å². The Morgan fingerprint density at radius 3 is 2.27 bits per heavy atom. The first-order valence-electron chi connectivity index (χ1n) is 6.84. The molecule has 1 aromatic heterocycles. The second kappa shape index (κ2) is 5.40. The summed E-state index contributed by atoms with van der Waals surface area (Å²) in [6.07, 6.45) is -5.78. The highest BCUT2D eigenvalue weighted by atomic mass is 19.4. The summed E-state index contributed by atoms with van der Waals surface area (Å²) >= 11 is 0. The minimum Gasteiger partial charge on any atom is -0.444 e. The van der Waals surface area contributed by atoms with E-state index in [0.29, 0.717) is 0 Å². The van der Waals surface area contributed by atoms with Gasteiger partial charge < -0.3 is 9.64 Å². The molecule has 0 saturated carbocycles. The number of rotatable bonds is 1. The van der Waals surface area contributed by atoms with E-state index < -0.39 is 23.3 Å². The lowest BCUT2D eigenvalue weighted by Gasteiger charge is -2.40. The zero-order valence-electron chi connectivity index (χ0n) is 12.6. The van der Waals surface area contributed by atoms with Gasteiger partial charge in [-0.15, -0.1) is 10.2 Å².